The topological polar surface area (TPSA) is 117 Å². The van der Waals surface area contributed by atoms with E-state index in [-0.39, 0.29) is 32.3 Å². The van der Waals surface area contributed by atoms with E-state index in [0.29, 0.717) is 13.0 Å². The number of phosphoric acid groups is 1. The molecular formula is C56H110NO7P. The van der Waals surface area contributed by atoms with Crippen LogP contribution < -0.4 is 5.73 Å². The molecule has 2 atom stereocenters. The van der Waals surface area contributed by atoms with E-state index in [9.17, 15) is 14.3 Å². The Kier molecular flexibility index (Phi) is 53.1. The van der Waals surface area contributed by atoms with E-state index >= 15 is 0 Å². The quantitative estimate of drug-likeness (QED) is 0.0268. The highest BCUT2D eigenvalue weighted by Crippen LogP contribution is 2.43. The van der Waals surface area contributed by atoms with Gasteiger partial charge in [0.25, 0.3) is 0 Å². The number of nitrogens with two attached hydrogens (primary N) is 1. The van der Waals surface area contributed by atoms with Crippen molar-refractivity contribution in [1.29, 1.82) is 0 Å². The second-order valence-electron chi connectivity index (χ2n) is 19.2. The van der Waals surface area contributed by atoms with E-state index in [1.54, 1.807) is 0 Å². The van der Waals surface area contributed by atoms with Gasteiger partial charge < -0.3 is 20.1 Å². The van der Waals surface area contributed by atoms with Crippen LogP contribution in [-0.4, -0.2) is 49.9 Å². The van der Waals surface area contributed by atoms with Crippen molar-refractivity contribution in [3.8, 4) is 0 Å². The largest absolute Gasteiger partial charge is 0.472 e. The molecule has 0 amide bonds. The maximum Gasteiger partial charge on any atom is 0.472 e. The van der Waals surface area contributed by atoms with Crippen molar-refractivity contribution >= 4 is 13.8 Å². The Bertz CT molecular complexity index is 1060. The number of unbranched alkanes of at least 4 members (excludes halogenated alkanes) is 38. The van der Waals surface area contributed by atoms with Gasteiger partial charge in [0.1, 0.15) is 6.10 Å². The van der Waals surface area contributed by atoms with E-state index in [1.807, 2.05) is 0 Å². The molecule has 0 aliphatic heterocycles. The highest BCUT2D eigenvalue weighted by Gasteiger charge is 2.25. The van der Waals surface area contributed by atoms with Crippen molar-refractivity contribution in [2.75, 3.05) is 33.0 Å². The van der Waals surface area contributed by atoms with Crippen molar-refractivity contribution in [1.82, 2.24) is 0 Å². The summed E-state index contributed by atoms with van der Waals surface area (Å²) >= 11 is 0. The molecule has 0 heterocycles. The minimum atomic E-state index is -4.28. The van der Waals surface area contributed by atoms with Crippen LogP contribution in [0.25, 0.3) is 0 Å². The summed E-state index contributed by atoms with van der Waals surface area (Å²) in [5, 5.41) is 0. The summed E-state index contributed by atoms with van der Waals surface area (Å²) in [4.78, 5) is 22.6. The van der Waals surface area contributed by atoms with Crippen molar-refractivity contribution < 1.29 is 32.8 Å². The molecule has 2 unspecified atom stereocenters. The Morgan fingerprint density at radius 2 is 0.815 bits per heavy atom. The smallest absolute Gasteiger partial charge is 0.457 e. The van der Waals surface area contributed by atoms with Crippen molar-refractivity contribution in [2.24, 2.45) is 5.73 Å². The molecule has 0 bridgehead atoms. The SMILES string of the molecule is CCCCCCC/C=C\C/C=C\CCCCCCCCCCCC(=O)OC(COCCCCCCCCCCCCCCCCCCCCCCCCCCC)COP(=O)(O)OCCN. The average molecular weight is 940 g/mol. The third-order valence-electron chi connectivity index (χ3n) is 12.6. The fourth-order valence-electron chi connectivity index (χ4n) is 8.44. The zero-order valence-corrected chi connectivity index (χ0v) is 44.1. The van der Waals surface area contributed by atoms with Gasteiger partial charge in [-0.3, -0.25) is 13.8 Å². The molecule has 0 saturated carbocycles. The molecule has 0 spiro atoms. The fourth-order valence-corrected chi connectivity index (χ4v) is 9.21. The Hall–Kier alpha value is -1.02. The normalized spacial score (nSPS) is 13.4. The number of carbonyl (C=O) groups is 1. The van der Waals surface area contributed by atoms with Gasteiger partial charge in [-0.15, -0.1) is 0 Å². The Morgan fingerprint density at radius 1 is 0.462 bits per heavy atom. The van der Waals surface area contributed by atoms with Crippen LogP contribution in [0.5, 0.6) is 0 Å². The molecule has 386 valence electrons. The number of hydrogen-bond acceptors (Lipinski definition) is 7. The molecule has 0 aromatic heterocycles. The van der Waals surface area contributed by atoms with Gasteiger partial charge in [0, 0.05) is 19.6 Å². The van der Waals surface area contributed by atoms with E-state index in [0.717, 1.165) is 38.5 Å². The molecule has 0 aromatic carbocycles. The molecule has 0 fully saturated rings. The van der Waals surface area contributed by atoms with E-state index < -0.39 is 13.9 Å². The molecule has 3 N–H and O–H groups in total. The van der Waals surface area contributed by atoms with Gasteiger partial charge in [-0.1, -0.05) is 263 Å². The Morgan fingerprint density at radius 3 is 1.20 bits per heavy atom. The first-order chi connectivity index (χ1) is 31.9. The van der Waals surface area contributed by atoms with Gasteiger partial charge in [-0.05, 0) is 44.9 Å². The van der Waals surface area contributed by atoms with E-state index in [2.05, 4.69) is 38.2 Å². The van der Waals surface area contributed by atoms with Crippen LogP contribution in [0.1, 0.15) is 290 Å². The molecule has 0 aliphatic carbocycles. The van der Waals surface area contributed by atoms with Gasteiger partial charge in [-0.25, -0.2) is 4.57 Å². The van der Waals surface area contributed by atoms with Gasteiger partial charge in [0.15, 0.2) is 0 Å². The summed E-state index contributed by atoms with van der Waals surface area (Å²) in [6.45, 7) is 4.98. The average Bonchev–Trinajstić information content (AvgIpc) is 3.30. The summed E-state index contributed by atoms with van der Waals surface area (Å²) in [6, 6.07) is 0. The molecule has 9 heteroatoms. The molecule has 0 rings (SSSR count). The third-order valence-corrected chi connectivity index (χ3v) is 13.6. The van der Waals surface area contributed by atoms with Crippen LogP contribution in [0.2, 0.25) is 0 Å². The van der Waals surface area contributed by atoms with Gasteiger partial charge in [-0.2, -0.15) is 0 Å². The summed E-state index contributed by atoms with van der Waals surface area (Å²) in [5.74, 6) is -0.328. The number of ether oxygens (including phenoxy) is 2. The number of phosphoric ester groups is 1. The third kappa shape index (κ3) is 53.8. The first-order valence-corrected chi connectivity index (χ1v) is 29.8. The van der Waals surface area contributed by atoms with Gasteiger partial charge >= 0.3 is 13.8 Å². The molecule has 65 heavy (non-hydrogen) atoms. The summed E-state index contributed by atoms with van der Waals surface area (Å²) in [6.07, 6.45) is 63.7. The highest BCUT2D eigenvalue weighted by atomic mass is 31.2. The maximum atomic E-state index is 12.7. The van der Waals surface area contributed by atoms with Crippen molar-refractivity contribution in [3.05, 3.63) is 24.3 Å². The molecule has 8 nitrogen and oxygen atoms in total. The lowest BCUT2D eigenvalue weighted by Gasteiger charge is -2.20. The molecule has 0 radical (unpaired) electrons. The van der Waals surface area contributed by atoms with E-state index in [1.165, 1.54) is 231 Å². The lowest BCUT2D eigenvalue weighted by Crippen LogP contribution is -2.28. The molecular weight excluding hydrogens is 830 g/mol. The Balaban J connectivity index is 3.85. The van der Waals surface area contributed by atoms with Crippen LogP contribution in [0.4, 0.5) is 0 Å². The predicted octanol–water partition coefficient (Wildman–Crippen LogP) is 17.9. The zero-order valence-electron chi connectivity index (χ0n) is 43.2. The predicted molar refractivity (Wildman–Crippen MR) is 280 cm³/mol. The van der Waals surface area contributed by atoms with Gasteiger partial charge in [0.2, 0.25) is 0 Å². The summed E-state index contributed by atoms with van der Waals surface area (Å²) < 4.78 is 33.7. The minimum absolute atomic E-state index is 0.0937. The maximum absolute atomic E-state index is 12.7. The van der Waals surface area contributed by atoms with Crippen LogP contribution in [0, 0.1) is 0 Å². The number of hydrogen-bond donors (Lipinski definition) is 2. The van der Waals surface area contributed by atoms with Crippen LogP contribution in [-0.2, 0) is 27.9 Å². The second-order valence-corrected chi connectivity index (χ2v) is 20.6. The Labute approximate surface area is 404 Å². The number of allylic oxidation sites excluding steroid dienone is 4. The lowest BCUT2D eigenvalue weighted by atomic mass is 10.0. The lowest BCUT2D eigenvalue weighted by molar-refractivity contribution is -0.154. The molecule has 0 aromatic rings. The number of esters is 1. The fraction of sp³-hybridized carbons (Fsp3) is 0.911. The van der Waals surface area contributed by atoms with Crippen LogP contribution in [0.3, 0.4) is 0 Å². The second kappa shape index (κ2) is 53.9. The summed E-state index contributed by atoms with van der Waals surface area (Å²) in [7, 11) is -4.28. The number of rotatable bonds is 55. The standard InChI is InChI=1S/C56H110NO7P/c1-3-5-7-9-11-13-15-17-19-21-23-25-26-27-28-30-32-34-36-38-40-42-44-46-48-51-61-53-55(54-63-65(59,60)62-52-50-57)64-56(58)49-47-45-43-41-39-37-35-33-31-29-24-22-20-18-16-14-12-10-8-6-4-2/h16,18,22,24,55H,3-15,17,19-21,23,25-54,57H2,1-2H3,(H,59,60)/b18-16-,24-22-. The molecule has 0 saturated heterocycles. The minimum Gasteiger partial charge on any atom is -0.457 e. The van der Waals surface area contributed by atoms with Crippen LogP contribution in [0.15, 0.2) is 24.3 Å². The zero-order chi connectivity index (χ0) is 47.3. The highest BCUT2D eigenvalue weighted by molar-refractivity contribution is 7.47. The van der Waals surface area contributed by atoms with Gasteiger partial charge in [0.05, 0.1) is 19.8 Å². The first kappa shape index (κ1) is 64.0. The van der Waals surface area contributed by atoms with E-state index in [4.69, 9.17) is 24.3 Å². The van der Waals surface area contributed by atoms with Crippen LogP contribution >= 0.6 is 7.82 Å². The molecule has 0 aliphatic rings. The monoisotopic (exact) mass is 940 g/mol. The van der Waals surface area contributed by atoms with Crippen molar-refractivity contribution in [2.45, 2.75) is 296 Å². The summed E-state index contributed by atoms with van der Waals surface area (Å²) in [5.41, 5.74) is 5.40. The number of carbonyl (C=O) groups excluding carboxylic acids is 1. The first-order valence-electron chi connectivity index (χ1n) is 28.3. The van der Waals surface area contributed by atoms with Crippen molar-refractivity contribution in [3.63, 3.8) is 0 Å².